The van der Waals surface area contributed by atoms with E-state index in [-0.39, 0.29) is 0 Å². The maximum absolute atomic E-state index is 12.0. The predicted molar refractivity (Wildman–Crippen MR) is 75.6 cm³/mol. The number of para-hydroxylation sites is 1. The van der Waals surface area contributed by atoms with E-state index in [9.17, 15) is 14.4 Å². The Morgan fingerprint density at radius 1 is 1.05 bits per heavy atom. The zero-order valence-electron chi connectivity index (χ0n) is 11.8. The quantitative estimate of drug-likeness (QED) is 0.615. The SMILES string of the molecule is CCC1(CCCOc2ccccc2)C(=O)NC(=O)NC1=O. The minimum Gasteiger partial charge on any atom is -0.494 e. The Morgan fingerprint density at radius 2 is 1.67 bits per heavy atom. The number of hydrogen-bond acceptors (Lipinski definition) is 4. The molecule has 0 saturated carbocycles. The Kier molecular flexibility index (Phi) is 4.57. The molecule has 0 aromatic heterocycles. The van der Waals surface area contributed by atoms with Gasteiger partial charge in [0.25, 0.3) is 0 Å². The predicted octanol–water partition coefficient (Wildman–Crippen LogP) is 1.61. The number of carbonyl (C=O) groups excluding carboxylic acids is 3. The molecule has 112 valence electrons. The normalized spacial score (nSPS) is 17.1. The number of amides is 4. The van der Waals surface area contributed by atoms with Crippen LogP contribution < -0.4 is 15.4 Å². The van der Waals surface area contributed by atoms with Gasteiger partial charge in [0.05, 0.1) is 6.61 Å². The summed E-state index contributed by atoms with van der Waals surface area (Å²) in [6.45, 7) is 2.16. The van der Waals surface area contributed by atoms with Gasteiger partial charge in [-0.3, -0.25) is 20.2 Å². The highest BCUT2D eigenvalue weighted by Crippen LogP contribution is 2.30. The molecule has 6 nitrogen and oxygen atoms in total. The molecule has 1 heterocycles. The van der Waals surface area contributed by atoms with Crippen molar-refractivity contribution in [2.75, 3.05) is 6.61 Å². The van der Waals surface area contributed by atoms with Crippen LogP contribution in [0.5, 0.6) is 5.75 Å². The third kappa shape index (κ3) is 3.21. The fraction of sp³-hybridized carbons (Fsp3) is 0.400. The first-order valence-corrected chi connectivity index (χ1v) is 6.93. The van der Waals surface area contributed by atoms with Crippen LogP contribution in [0, 0.1) is 5.41 Å². The third-order valence-corrected chi connectivity index (χ3v) is 3.69. The second-order valence-corrected chi connectivity index (χ2v) is 4.94. The third-order valence-electron chi connectivity index (χ3n) is 3.69. The molecule has 1 aromatic carbocycles. The van der Waals surface area contributed by atoms with Crippen LogP contribution in [-0.2, 0) is 9.59 Å². The maximum atomic E-state index is 12.0. The summed E-state index contributed by atoms with van der Waals surface area (Å²) in [6, 6.07) is 8.57. The van der Waals surface area contributed by atoms with Crippen molar-refractivity contribution in [2.24, 2.45) is 5.41 Å². The van der Waals surface area contributed by atoms with E-state index in [1.54, 1.807) is 6.92 Å². The zero-order valence-corrected chi connectivity index (χ0v) is 11.8. The van der Waals surface area contributed by atoms with Crippen LogP contribution in [0.3, 0.4) is 0 Å². The standard InChI is InChI=1S/C15H18N2O4/c1-2-15(12(18)16-14(20)17-13(15)19)9-6-10-21-11-7-4-3-5-8-11/h3-5,7-8H,2,6,9-10H2,1H3,(H2,16,17,18,19,20). The molecule has 0 radical (unpaired) electrons. The molecule has 1 saturated heterocycles. The van der Waals surface area contributed by atoms with Crippen LogP contribution >= 0.6 is 0 Å². The lowest BCUT2D eigenvalue weighted by atomic mass is 9.78. The van der Waals surface area contributed by atoms with Crippen LogP contribution in [0.2, 0.25) is 0 Å². The molecular weight excluding hydrogens is 272 g/mol. The summed E-state index contributed by atoms with van der Waals surface area (Å²) in [5.74, 6) is -0.312. The number of imide groups is 2. The molecule has 0 atom stereocenters. The largest absolute Gasteiger partial charge is 0.494 e. The van der Waals surface area contributed by atoms with E-state index in [1.165, 1.54) is 0 Å². The second-order valence-electron chi connectivity index (χ2n) is 4.94. The van der Waals surface area contributed by atoms with Gasteiger partial charge >= 0.3 is 6.03 Å². The number of carbonyl (C=O) groups is 3. The average molecular weight is 290 g/mol. The Labute approximate surface area is 122 Å². The van der Waals surface area contributed by atoms with Crippen molar-refractivity contribution >= 4 is 17.8 Å². The van der Waals surface area contributed by atoms with E-state index >= 15 is 0 Å². The average Bonchev–Trinajstić information content (AvgIpc) is 2.47. The zero-order chi connectivity index (χ0) is 15.3. The molecule has 0 unspecified atom stereocenters. The summed E-state index contributed by atoms with van der Waals surface area (Å²) in [5.41, 5.74) is -1.19. The molecule has 1 aliphatic heterocycles. The van der Waals surface area contributed by atoms with Crippen molar-refractivity contribution in [2.45, 2.75) is 26.2 Å². The van der Waals surface area contributed by atoms with E-state index in [0.717, 1.165) is 5.75 Å². The van der Waals surface area contributed by atoms with Crippen LogP contribution in [0.4, 0.5) is 4.79 Å². The number of nitrogens with one attached hydrogen (secondary N) is 2. The van der Waals surface area contributed by atoms with Gasteiger partial charge in [0.15, 0.2) is 0 Å². The molecule has 6 heteroatoms. The van der Waals surface area contributed by atoms with Gasteiger partial charge in [-0.25, -0.2) is 4.79 Å². The topological polar surface area (TPSA) is 84.5 Å². The Balaban J connectivity index is 1.91. The number of ether oxygens (including phenoxy) is 1. The van der Waals surface area contributed by atoms with Gasteiger partial charge in [-0.05, 0) is 31.4 Å². The highest BCUT2D eigenvalue weighted by molar-refractivity contribution is 6.19. The van der Waals surface area contributed by atoms with E-state index in [2.05, 4.69) is 10.6 Å². The van der Waals surface area contributed by atoms with E-state index in [1.807, 2.05) is 30.3 Å². The lowest BCUT2D eigenvalue weighted by Gasteiger charge is -2.32. The highest BCUT2D eigenvalue weighted by atomic mass is 16.5. The minimum absolute atomic E-state index is 0.335. The minimum atomic E-state index is -1.19. The number of benzene rings is 1. The molecule has 0 spiro atoms. The summed E-state index contributed by atoms with van der Waals surface area (Å²) in [6.07, 6.45) is 1.21. The molecule has 0 bridgehead atoms. The van der Waals surface area contributed by atoms with Crippen LogP contribution in [0.25, 0.3) is 0 Å². The number of urea groups is 1. The summed E-state index contributed by atoms with van der Waals surface area (Å²) < 4.78 is 5.55. The lowest BCUT2D eigenvalue weighted by Crippen LogP contribution is -2.62. The molecule has 0 aliphatic carbocycles. The fourth-order valence-corrected chi connectivity index (χ4v) is 2.39. The first kappa shape index (κ1) is 15.0. The first-order chi connectivity index (χ1) is 10.1. The van der Waals surface area contributed by atoms with Crippen LogP contribution in [-0.4, -0.2) is 24.5 Å². The number of rotatable bonds is 6. The van der Waals surface area contributed by atoms with Gasteiger partial charge in [0.1, 0.15) is 11.2 Å². The molecular formula is C15H18N2O4. The van der Waals surface area contributed by atoms with Crippen molar-refractivity contribution in [3.63, 3.8) is 0 Å². The maximum Gasteiger partial charge on any atom is 0.328 e. The van der Waals surface area contributed by atoms with Crippen molar-refractivity contribution in [1.29, 1.82) is 0 Å². The monoisotopic (exact) mass is 290 g/mol. The second kappa shape index (κ2) is 6.39. The Hall–Kier alpha value is -2.37. The van der Waals surface area contributed by atoms with Gasteiger partial charge in [-0.2, -0.15) is 0 Å². The summed E-state index contributed by atoms with van der Waals surface area (Å²) in [4.78, 5) is 35.1. The van der Waals surface area contributed by atoms with Gasteiger partial charge in [-0.1, -0.05) is 25.1 Å². The molecule has 1 aromatic rings. The van der Waals surface area contributed by atoms with E-state index in [4.69, 9.17) is 4.74 Å². The van der Waals surface area contributed by atoms with Crippen molar-refractivity contribution < 1.29 is 19.1 Å². The fourth-order valence-electron chi connectivity index (χ4n) is 2.39. The van der Waals surface area contributed by atoms with Gasteiger partial charge in [-0.15, -0.1) is 0 Å². The molecule has 1 aliphatic rings. The first-order valence-electron chi connectivity index (χ1n) is 6.93. The number of hydrogen-bond donors (Lipinski definition) is 2. The number of barbiturate groups is 1. The van der Waals surface area contributed by atoms with Gasteiger partial charge in [0.2, 0.25) is 11.8 Å². The Morgan fingerprint density at radius 3 is 2.24 bits per heavy atom. The van der Waals surface area contributed by atoms with Crippen LogP contribution in [0.1, 0.15) is 26.2 Å². The molecule has 21 heavy (non-hydrogen) atoms. The van der Waals surface area contributed by atoms with E-state index < -0.39 is 23.3 Å². The molecule has 4 amide bonds. The van der Waals surface area contributed by atoms with Crippen molar-refractivity contribution in [3.8, 4) is 5.75 Å². The summed E-state index contributed by atoms with van der Waals surface area (Å²) in [7, 11) is 0. The molecule has 2 N–H and O–H groups in total. The highest BCUT2D eigenvalue weighted by Gasteiger charge is 2.48. The Bertz CT molecular complexity index is 522. The van der Waals surface area contributed by atoms with Crippen LogP contribution in [0.15, 0.2) is 30.3 Å². The smallest absolute Gasteiger partial charge is 0.328 e. The molecule has 2 rings (SSSR count). The van der Waals surface area contributed by atoms with Crippen molar-refractivity contribution in [1.82, 2.24) is 10.6 Å². The van der Waals surface area contributed by atoms with Gasteiger partial charge < -0.3 is 4.74 Å². The summed E-state index contributed by atoms with van der Waals surface area (Å²) in [5, 5.41) is 4.32. The summed E-state index contributed by atoms with van der Waals surface area (Å²) >= 11 is 0. The van der Waals surface area contributed by atoms with E-state index in [0.29, 0.717) is 25.9 Å². The van der Waals surface area contributed by atoms with Crippen molar-refractivity contribution in [3.05, 3.63) is 30.3 Å². The van der Waals surface area contributed by atoms with Gasteiger partial charge in [0, 0.05) is 0 Å². The molecule has 1 fully saturated rings. The lowest BCUT2D eigenvalue weighted by molar-refractivity contribution is -0.145.